The molecule has 0 saturated heterocycles. The number of para-hydroxylation sites is 1. The normalized spacial score (nSPS) is 17.1. The molecule has 0 aliphatic carbocycles. The van der Waals surface area contributed by atoms with Gasteiger partial charge in [-0.25, -0.2) is 0 Å². The van der Waals surface area contributed by atoms with Crippen molar-refractivity contribution in [2.75, 3.05) is 18.5 Å². The smallest absolute Gasteiger partial charge is 0.235 e. The summed E-state index contributed by atoms with van der Waals surface area (Å²) in [5.41, 5.74) is 4.56. The van der Waals surface area contributed by atoms with Crippen LogP contribution in [0.4, 0.5) is 5.69 Å². The Kier molecular flexibility index (Phi) is 3.76. The zero-order valence-corrected chi connectivity index (χ0v) is 12.5. The lowest BCUT2D eigenvalue weighted by Gasteiger charge is -2.29. The van der Waals surface area contributed by atoms with Gasteiger partial charge in [0.05, 0.1) is 5.92 Å². The maximum atomic E-state index is 12.8. The molecule has 2 aromatic rings. The molecule has 3 rings (SSSR count). The van der Waals surface area contributed by atoms with Gasteiger partial charge in [0.25, 0.3) is 0 Å². The Labute approximate surface area is 125 Å². The Bertz CT molecular complexity index is 652. The van der Waals surface area contributed by atoms with E-state index in [0.717, 1.165) is 17.8 Å². The summed E-state index contributed by atoms with van der Waals surface area (Å²) in [6, 6.07) is 16.2. The van der Waals surface area contributed by atoms with Crippen LogP contribution in [0.3, 0.4) is 0 Å². The fourth-order valence-electron chi connectivity index (χ4n) is 2.92. The van der Waals surface area contributed by atoms with Gasteiger partial charge < -0.3 is 10.2 Å². The van der Waals surface area contributed by atoms with Crippen molar-refractivity contribution in [3.63, 3.8) is 0 Å². The van der Waals surface area contributed by atoms with Crippen LogP contribution in [-0.2, 0) is 11.3 Å². The molecule has 3 nitrogen and oxygen atoms in total. The summed E-state index contributed by atoms with van der Waals surface area (Å²) in [4.78, 5) is 14.6. The highest BCUT2D eigenvalue weighted by atomic mass is 16.2. The molecule has 21 heavy (non-hydrogen) atoms. The van der Waals surface area contributed by atoms with Crippen LogP contribution in [0.2, 0.25) is 0 Å². The molecule has 0 radical (unpaired) electrons. The van der Waals surface area contributed by atoms with Crippen LogP contribution >= 0.6 is 0 Å². The molecule has 0 spiro atoms. The van der Waals surface area contributed by atoms with E-state index in [9.17, 15) is 4.79 Å². The number of likely N-dealkylation sites (N-methyl/N-ethyl adjacent to an activating group) is 1. The summed E-state index contributed by atoms with van der Waals surface area (Å²) in [5.74, 6) is 0.0260. The fraction of sp³-hybridized carbons (Fsp3) is 0.278. The van der Waals surface area contributed by atoms with Gasteiger partial charge in [0.1, 0.15) is 0 Å². The fourth-order valence-corrected chi connectivity index (χ4v) is 2.92. The Morgan fingerprint density at radius 3 is 2.71 bits per heavy atom. The summed E-state index contributed by atoms with van der Waals surface area (Å²) in [7, 11) is 1.85. The van der Waals surface area contributed by atoms with E-state index in [4.69, 9.17) is 0 Å². The van der Waals surface area contributed by atoms with Crippen molar-refractivity contribution in [3.8, 4) is 0 Å². The van der Waals surface area contributed by atoms with Crippen molar-refractivity contribution in [2.24, 2.45) is 0 Å². The summed E-state index contributed by atoms with van der Waals surface area (Å²) >= 11 is 0. The quantitative estimate of drug-likeness (QED) is 0.917. The summed E-state index contributed by atoms with van der Waals surface area (Å²) in [6.07, 6.45) is 0. The largest absolute Gasteiger partial charge is 0.315 e. The molecular formula is C18H20N2O. The maximum Gasteiger partial charge on any atom is 0.235 e. The van der Waals surface area contributed by atoms with E-state index < -0.39 is 0 Å². The van der Waals surface area contributed by atoms with E-state index in [-0.39, 0.29) is 11.8 Å². The first-order valence-corrected chi connectivity index (χ1v) is 7.29. The second kappa shape index (κ2) is 5.70. The molecule has 0 saturated carbocycles. The monoisotopic (exact) mass is 280 g/mol. The van der Waals surface area contributed by atoms with E-state index in [1.807, 2.05) is 37.4 Å². The first kappa shape index (κ1) is 13.8. The van der Waals surface area contributed by atoms with Gasteiger partial charge in [-0.15, -0.1) is 0 Å². The lowest BCUT2D eigenvalue weighted by atomic mass is 9.88. The molecule has 0 aromatic heterocycles. The molecule has 108 valence electrons. The molecule has 1 atom stereocenters. The first-order chi connectivity index (χ1) is 10.2. The number of anilines is 1. The van der Waals surface area contributed by atoms with Gasteiger partial charge in [0.2, 0.25) is 5.91 Å². The molecule has 1 amide bonds. The van der Waals surface area contributed by atoms with Crippen molar-refractivity contribution in [2.45, 2.75) is 19.4 Å². The van der Waals surface area contributed by atoms with Crippen LogP contribution in [0, 0.1) is 6.92 Å². The second-order valence-corrected chi connectivity index (χ2v) is 5.62. The predicted molar refractivity (Wildman–Crippen MR) is 85.5 cm³/mol. The van der Waals surface area contributed by atoms with Crippen molar-refractivity contribution < 1.29 is 4.79 Å². The van der Waals surface area contributed by atoms with E-state index in [1.165, 1.54) is 11.1 Å². The van der Waals surface area contributed by atoms with Crippen LogP contribution in [-0.4, -0.2) is 19.5 Å². The lowest BCUT2D eigenvalue weighted by Crippen LogP contribution is -2.40. The minimum Gasteiger partial charge on any atom is -0.315 e. The van der Waals surface area contributed by atoms with Gasteiger partial charge in [-0.3, -0.25) is 4.79 Å². The molecule has 0 bridgehead atoms. The van der Waals surface area contributed by atoms with Crippen LogP contribution in [0.5, 0.6) is 0 Å². The number of nitrogens with one attached hydrogen (secondary N) is 1. The number of hydrogen-bond donors (Lipinski definition) is 1. The van der Waals surface area contributed by atoms with E-state index >= 15 is 0 Å². The van der Waals surface area contributed by atoms with Gasteiger partial charge >= 0.3 is 0 Å². The SMILES string of the molecule is Cc1ccc2c(c1)CNCC2C(=O)N(C)c1ccccc1. The second-order valence-electron chi connectivity index (χ2n) is 5.62. The number of hydrogen-bond acceptors (Lipinski definition) is 2. The highest BCUT2D eigenvalue weighted by molar-refractivity contribution is 5.98. The lowest BCUT2D eigenvalue weighted by molar-refractivity contribution is -0.119. The summed E-state index contributed by atoms with van der Waals surface area (Å²) in [6.45, 7) is 3.63. The molecule has 1 aliphatic heterocycles. The standard InChI is InChI=1S/C18H20N2O/c1-13-8-9-16-14(10-13)11-19-12-17(16)18(21)20(2)15-6-4-3-5-7-15/h3-10,17,19H,11-12H2,1-2H3. The highest BCUT2D eigenvalue weighted by Gasteiger charge is 2.29. The Balaban J connectivity index is 1.90. The van der Waals surface area contributed by atoms with E-state index in [0.29, 0.717) is 6.54 Å². The van der Waals surface area contributed by atoms with Crippen molar-refractivity contribution in [1.82, 2.24) is 5.32 Å². The summed E-state index contributed by atoms with van der Waals surface area (Å²) < 4.78 is 0. The number of fused-ring (bicyclic) bond motifs is 1. The molecule has 0 fully saturated rings. The number of nitrogens with zero attached hydrogens (tertiary/aromatic N) is 1. The number of benzene rings is 2. The molecule has 2 aromatic carbocycles. The van der Waals surface area contributed by atoms with Crippen molar-refractivity contribution in [3.05, 3.63) is 65.2 Å². The minimum absolute atomic E-state index is 0.112. The Morgan fingerprint density at radius 1 is 1.19 bits per heavy atom. The van der Waals surface area contributed by atoms with Gasteiger partial charge in [0.15, 0.2) is 0 Å². The minimum atomic E-state index is -0.112. The average Bonchev–Trinajstić information content (AvgIpc) is 2.53. The van der Waals surface area contributed by atoms with Crippen LogP contribution < -0.4 is 10.2 Å². The first-order valence-electron chi connectivity index (χ1n) is 7.29. The Morgan fingerprint density at radius 2 is 1.95 bits per heavy atom. The number of carbonyl (C=O) groups is 1. The number of amides is 1. The predicted octanol–water partition coefficient (Wildman–Crippen LogP) is 2.84. The van der Waals surface area contributed by atoms with Gasteiger partial charge in [-0.1, -0.05) is 42.0 Å². The van der Waals surface area contributed by atoms with Crippen molar-refractivity contribution >= 4 is 11.6 Å². The zero-order valence-electron chi connectivity index (χ0n) is 12.5. The van der Waals surface area contributed by atoms with Gasteiger partial charge in [-0.05, 0) is 30.2 Å². The van der Waals surface area contributed by atoms with E-state index in [1.54, 1.807) is 4.90 Å². The molecule has 3 heteroatoms. The molecule has 1 heterocycles. The van der Waals surface area contributed by atoms with Crippen LogP contribution in [0.25, 0.3) is 0 Å². The Hall–Kier alpha value is -2.13. The van der Waals surface area contributed by atoms with Gasteiger partial charge in [-0.2, -0.15) is 0 Å². The third kappa shape index (κ3) is 2.69. The van der Waals surface area contributed by atoms with Crippen LogP contribution in [0.15, 0.2) is 48.5 Å². The third-order valence-corrected chi connectivity index (χ3v) is 4.11. The number of aryl methyl sites for hydroxylation is 1. The van der Waals surface area contributed by atoms with E-state index in [2.05, 4.69) is 30.4 Å². The number of carbonyl (C=O) groups excluding carboxylic acids is 1. The third-order valence-electron chi connectivity index (χ3n) is 4.11. The topological polar surface area (TPSA) is 32.3 Å². The highest BCUT2D eigenvalue weighted by Crippen LogP contribution is 2.28. The molecular weight excluding hydrogens is 260 g/mol. The van der Waals surface area contributed by atoms with Gasteiger partial charge in [0, 0.05) is 25.8 Å². The number of rotatable bonds is 2. The summed E-state index contributed by atoms with van der Waals surface area (Å²) in [5, 5.41) is 3.36. The molecule has 1 N–H and O–H groups in total. The van der Waals surface area contributed by atoms with Crippen LogP contribution in [0.1, 0.15) is 22.6 Å². The molecule has 1 unspecified atom stereocenters. The maximum absolute atomic E-state index is 12.8. The van der Waals surface area contributed by atoms with Crippen molar-refractivity contribution in [1.29, 1.82) is 0 Å². The average molecular weight is 280 g/mol. The molecule has 1 aliphatic rings. The zero-order chi connectivity index (χ0) is 14.8.